The molecule has 1 aliphatic heterocycles. The van der Waals surface area contributed by atoms with E-state index in [2.05, 4.69) is 20.4 Å². The highest BCUT2D eigenvalue weighted by Crippen LogP contribution is 2.26. The third kappa shape index (κ3) is 3.33. The molecule has 3 aromatic rings. The molecule has 1 fully saturated rings. The van der Waals surface area contributed by atoms with E-state index in [9.17, 15) is 4.79 Å². The second-order valence-electron chi connectivity index (χ2n) is 5.74. The van der Waals surface area contributed by atoms with E-state index in [1.165, 1.54) is 0 Å². The van der Waals surface area contributed by atoms with E-state index in [4.69, 9.17) is 20.9 Å². The molecular formula is C17H15ClN4O3. The summed E-state index contributed by atoms with van der Waals surface area (Å²) in [6, 6.07) is 8.94. The highest BCUT2D eigenvalue weighted by Gasteiger charge is 2.24. The lowest BCUT2D eigenvalue weighted by Crippen LogP contribution is -2.24. The van der Waals surface area contributed by atoms with E-state index < -0.39 is 0 Å². The van der Waals surface area contributed by atoms with Crippen LogP contribution in [0.2, 0.25) is 5.02 Å². The highest BCUT2D eigenvalue weighted by atomic mass is 35.5. The number of ether oxygens (including phenoxy) is 1. The minimum Gasteiger partial charge on any atom is -0.368 e. The molecule has 0 spiro atoms. The molecule has 1 atom stereocenters. The summed E-state index contributed by atoms with van der Waals surface area (Å²) in [5.41, 5.74) is 0.875. The molecule has 7 nitrogen and oxygen atoms in total. The van der Waals surface area contributed by atoms with Crippen molar-refractivity contribution in [3.05, 3.63) is 52.8 Å². The van der Waals surface area contributed by atoms with Gasteiger partial charge in [-0.05, 0) is 25.0 Å². The van der Waals surface area contributed by atoms with Crippen molar-refractivity contribution in [3.8, 4) is 0 Å². The summed E-state index contributed by atoms with van der Waals surface area (Å²) in [5, 5.41) is 7.99. The van der Waals surface area contributed by atoms with E-state index in [0.29, 0.717) is 28.9 Å². The van der Waals surface area contributed by atoms with Crippen LogP contribution in [0, 0.1) is 0 Å². The van der Waals surface area contributed by atoms with Gasteiger partial charge in [0.05, 0.1) is 17.1 Å². The van der Waals surface area contributed by atoms with Crippen molar-refractivity contribution in [2.24, 2.45) is 0 Å². The molecule has 4 rings (SSSR count). The fraction of sp³-hybridized carbons (Fsp3) is 0.294. The number of halogens is 1. The normalized spacial score (nSPS) is 17.1. The number of carbonyl (C=O) groups is 1. The van der Waals surface area contributed by atoms with Crippen LogP contribution >= 0.6 is 11.6 Å². The first-order chi connectivity index (χ1) is 12.2. The highest BCUT2D eigenvalue weighted by molar-refractivity contribution is 6.35. The van der Waals surface area contributed by atoms with Gasteiger partial charge in [-0.1, -0.05) is 35.0 Å². The summed E-state index contributed by atoms with van der Waals surface area (Å²) in [5.74, 6) is 0.528. The number of para-hydroxylation sites is 1. The molecule has 1 unspecified atom stereocenters. The number of aromatic nitrogens is 3. The second kappa shape index (κ2) is 6.78. The summed E-state index contributed by atoms with van der Waals surface area (Å²) < 4.78 is 10.7. The number of hydrogen-bond acceptors (Lipinski definition) is 6. The van der Waals surface area contributed by atoms with Crippen molar-refractivity contribution in [2.75, 3.05) is 6.61 Å². The Hall–Kier alpha value is -2.51. The zero-order valence-corrected chi connectivity index (χ0v) is 14.0. The Morgan fingerprint density at radius 1 is 1.28 bits per heavy atom. The van der Waals surface area contributed by atoms with Gasteiger partial charge in [-0.15, -0.1) is 0 Å². The molecule has 1 amide bonds. The Kier molecular flexibility index (Phi) is 4.33. The lowest BCUT2D eigenvalue weighted by Gasteiger charge is -2.04. The summed E-state index contributed by atoms with van der Waals surface area (Å²) in [6.07, 6.45) is 1.71. The van der Waals surface area contributed by atoms with Gasteiger partial charge in [-0.25, -0.2) is 4.98 Å². The van der Waals surface area contributed by atoms with Gasteiger partial charge in [-0.3, -0.25) is 4.79 Å². The number of nitrogens with one attached hydrogen (secondary N) is 1. The van der Waals surface area contributed by atoms with Crippen LogP contribution in [0.15, 0.2) is 34.9 Å². The maximum absolute atomic E-state index is 12.3. The van der Waals surface area contributed by atoms with Crippen LogP contribution in [0.4, 0.5) is 0 Å². The third-order valence-corrected chi connectivity index (χ3v) is 4.30. The predicted molar refractivity (Wildman–Crippen MR) is 90.1 cm³/mol. The van der Waals surface area contributed by atoms with E-state index in [0.717, 1.165) is 18.2 Å². The Morgan fingerprint density at radius 2 is 2.20 bits per heavy atom. The van der Waals surface area contributed by atoms with E-state index in [1.54, 1.807) is 12.1 Å². The first-order valence-electron chi connectivity index (χ1n) is 7.98. The van der Waals surface area contributed by atoms with Crippen molar-refractivity contribution in [1.82, 2.24) is 20.4 Å². The maximum atomic E-state index is 12.3. The summed E-state index contributed by atoms with van der Waals surface area (Å²) >= 11 is 6.13. The van der Waals surface area contributed by atoms with Crippen LogP contribution < -0.4 is 5.32 Å². The number of hydrogen-bond donors (Lipinski definition) is 1. The summed E-state index contributed by atoms with van der Waals surface area (Å²) in [4.78, 5) is 20.9. The first kappa shape index (κ1) is 16.0. The van der Waals surface area contributed by atoms with Gasteiger partial charge in [0, 0.05) is 12.0 Å². The van der Waals surface area contributed by atoms with Gasteiger partial charge in [0.15, 0.2) is 5.82 Å². The molecule has 0 aliphatic carbocycles. The number of rotatable bonds is 4. The molecule has 3 heterocycles. The SMILES string of the molecule is O=C(NCc1noc(C2CCCO2)n1)c1ccc2cccc(Cl)c2n1. The fourth-order valence-corrected chi connectivity index (χ4v) is 2.95. The number of fused-ring (bicyclic) bond motifs is 1. The topological polar surface area (TPSA) is 90.1 Å². The summed E-state index contributed by atoms with van der Waals surface area (Å²) in [7, 11) is 0. The van der Waals surface area contributed by atoms with Gasteiger partial charge in [0.25, 0.3) is 11.8 Å². The van der Waals surface area contributed by atoms with Crippen molar-refractivity contribution < 1.29 is 14.1 Å². The molecule has 1 aromatic carbocycles. The van der Waals surface area contributed by atoms with Gasteiger partial charge in [0.2, 0.25) is 0 Å². The second-order valence-corrected chi connectivity index (χ2v) is 6.15. The molecule has 0 saturated carbocycles. The smallest absolute Gasteiger partial charge is 0.270 e. The maximum Gasteiger partial charge on any atom is 0.270 e. The average Bonchev–Trinajstić information content (AvgIpc) is 3.31. The molecule has 1 aliphatic rings. The molecule has 2 aromatic heterocycles. The van der Waals surface area contributed by atoms with Crippen molar-refractivity contribution in [1.29, 1.82) is 0 Å². The Balaban J connectivity index is 1.44. The molecular weight excluding hydrogens is 344 g/mol. The average molecular weight is 359 g/mol. The lowest BCUT2D eigenvalue weighted by atomic mass is 10.2. The standard InChI is InChI=1S/C17H15ClN4O3/c18-11-4-1-3-10-6-7-12(20-15(10)11)16(23)19-9-14-21-17(25-22-14)13-5-2-8-24-13/h1,3-4,6-7,13H,2,5,8-9H2,(H,19,23). The Bertz CT molecular complexity index is 921. The number of nitrogens with zero attached hydrogens (tertiary/aromatic N) is 3. The molecule has 0 radical (unpaired) electrons. The Morgan fingerprint density at radius 3 is 3.04 bits per heavy atom. The van der Waals surface area contributed by atoms with Crippen molar-refractivity contribution in [2.45, 2.75) is 25.5 Å². The van der Waals surface area contributed by atoms with Crippen LogP contribution in [-0.4, -0.2) is 27.6 Å². The lowest BCUT2D eigenvalue weighted by molar-refractivity contribution is 0.0835. The molecule has 8 heteroatoms. The van der Waals surface area contributed by atoms with Gasteiger partial charge in [0.1, 0.15) is 11.8 Å². The van der Waals surface area contributed by atoms with Crippen LogP contribution in [0.3, 0.4) is 0 Å². The van der Waals surface area contributed by atoms with E-state index >= 15 is 0 Å². The number of carbonyl (C=O) groups excluding carboxylic acids is 1. The zero-order valence-electron chi connectivity index (χ0n) is 13.2. The molecule has 0 bridgehead atoms. The van der Waals surface area contributed by atoms with Crippen molar-refractivity contribution >= 4 is 28.4 Å². The minimum absolute atomic E-state index is 0.138. The zero-order chi connectivity index (χ0) is 17.2. The van der Waals surface area contributed by atoms with Crippen LogP contribution in [0.5, 0.6) is 0 Å². The number of amides is 1. The van der Waals surface area contributed by atoms with Crippen LogP contribution in [0.1, 0.15) is 41.1 Å². The third-order valence-electron chi connectivity index (χ3n) is 4.00. The predicted octanol–water partition coefficient (Wildman–Crippen LogP) is 3.05. The van der Waals surface area contributed by atoms with Crippen LogP contribution in [-0.2, 0) is 11.3 Å². The monoisotopic (exact) mass is 358 g/mol. The van der Waals surface area contributed by atoms with Gasteiger partial charge < -0.3 is 14.6 Å². The largest absolute Gasteiger partial charge is 0.368 e. The van der Waals surface area contributed by atoms with Crippen molar-refractivity contribution in [3.63, 3.8) is 0 Å². The fourth-order valence-electron chi connectivity index (χ4n) is 2.73. The van der Waals surface area contributed by atoms with E-state index in [-0.39, 0.29) is 24.2 Å². The summed E-state index contributed by atoms with van der Waals surface area (Å²) in [6.45, 7) is 0.854. The number of benzene rings is 1. The minimum atomic E-state index is -0.328. The Labute approximate surface area is 148 Å². The molecule has 128 valence electrons. The first-order valence-corrected chi connectivity index (χ1v) is 8.36. The number of pyridine rings is 1. The molecule has 25 heavy (non-hydrogen) atoms. The van der Waals surface area contributed by atoms with Gasteiger partial charge in [-0.2, -0.15) is 4.98 Å². The van der Waals surface area contributed by atoms with Gasteiger partial charge >= 0.3 is 0 Å². The van der Waals surface area contributed by atoms with Crippen LogP contribution in [0.25, 0.3) is 10.9 Å². The molecule has 1 saturated heterocycles. The quantitative estimate of drug-likeness (QED) is 0.770. The van der Waals surface area contributed by atoms with E-state index in [1.807, 2.05) is 18.2 Å². The molecule has 1 N–H and O–H groups in total.